The van der Waals surface area contributed by atoms with Crippen molar-refractivity contribution >= 4 is 11.8 Å². The van der Waals surface area contributed by atoms with E-state index in [4.69, 9.17) is 10.5 Å². The summed E-state index contributed by atoms with van der Waals surface area (Å²) in [6.45, 7) is 5.40. The second-order valence-corrected chi connectivity index (χ2v) is 8.51. The van der Waals surface area contributed by atoms with Crippen molar-refractivity contribution in [3.8, 4) is 0 Å². The molecule has 5 atom stereocenters. The van der Waals surface area contributed by atoms with E-state index in [9.17, 15) is 29.3 Å². The largest absolute Gasteiger partial charge is 0.394 e. The number of carbonyl (C=O) groups excluding carboxylic acids is 2. The van der Waals surface area contributed by atoms with Crippen LogP contribution in [0.1, 0.15) is 36.7 Å². The number of aliphatic hydroxyl groups is 3. The quantitative estimate of drug-likeness (QED) is 0.432. The minimum Gasteiger partial charge on any atom is -0.394 e. The smallest absolute Gasteiger partial charge is 0.325 e. The fourth-order valence-corrected chi connectivity index (χ4v) is 3.39. The predicted octanol–water partition coefficient (Wildman–Crippen LogP) is 0.0969. The number of ether oxygens (including phenoxy) is 1. The molecule has 30 heavy (non-hydrogen) atoms. The number of rotatable bonds is 4. The van der Waals surface area contributed by atoms with Crippen LogP contribution in [0.5, 0.6) is 0 Å². The van der Waals surface area contributed by atoms with Crippen LogP contribution in [0.3, 0.4) is 0 Å². The number of ketones is 1. The minimum absolute atomic E-state index is 0.107. The maximum atomic E-state index is 14.9. The number of nitrogens with one attached hydrogen (secondary N) is 1. The van der Waals surface area contributed by atoms with Gasteiger partial charge in [-0.2, -0.15) is 0 Å². The summed E-state index contributed by atoms with van der Waals surface area (Å²) in [6, 6.07) is 5.47. The number of amides is 2. The second kappa shape index (κ2) is 7.71. The molecule has 2 heterocycles. The molecule has 0 saturated carbocycles. The highest BCUT2D eigenvalue weighted by molar-refractivity contribution is 6.07. The van der Waals surface area contributed by atoms with E-state index >= 15 is 0 Å². The maximum absolute atomic E-state index is 14.9. The lowest BCUT2D eigenvalue weighted by Gasteiger charge is -2.37. The van der Waals surface area contributed by atoms with E-state index in [1.165, 1.54) is 12.1 Å². The molecule has 3 rings (SSSR count). The fourth-order valence-electron chi connectivity index (χ4n) is 3.39. The van der Waals surface area contributed by atoms with Crippen LogP contribution in [0, 0.1) is 0 Å². The van der Waals surface area contributed by atoms with Gasteiger partial charge in [0.15, 0.2) is 12.1 Å². The molecule has 6 N–H and O–H groups in total. The van der Waals surface area contributed by atoms with E-state index in [1.54, 1.807) is 12.1 Å². The van der Waals surface area contributed by atoms with Crippen LogP contribution in [-0.4, -0.2) is 68.8 Å². The summed E-state index contributed by atoms with van der Waals surface area (Å²) in [5.41, 5.74) is 4.41. The third-order valence-electron chi connectivity index (χ3n) is 5.33. The van der Waals surface area contributed by atoms with Crippen LogP contribution >= 0.6 is 0 Å². The molecule has 0 aromatic heterocycles. The summed E-state index contributed by atoms with van der Waals surface area (Å²) >= 11 is 0. The lowest BCUT2D eigenvalue weighted by molar-refractivity contribution is -0.0679. The number of carbonyl (C=O) groups is 2. The average molecular weight is 423 g/mol. The molecule has 164 valence electrons. The summed E-state index contributed by atoms with van der Waals surface area (Å²) in [5.74, 6) is -2.03. The average Bonchev–Trinajstić information content (AvgIpc) is 2.97. The molecule has 0 aliphatic carbocycles. The van der Waals surface area contributed by atoms with Crippen molar-refractivity contribution in [2.45, 2.75) is 56.4 Å². The molecule has 1 fully saturated rings. The van der Waals surface area contributed by atoms with Crippen molar-refractivity contribution in [1.82, 2.24) is 10.2 Å². The monoisotopic (exact) mass is 423 g/mol. The molecule has 1 aromatic carbocycles. The molecular formula is C20H26FN3O6. The van der Waals surface area contributed by atoms with Gasteiger partial charge in [-0.15, -0.1) is 0 Å². The highest BCUT2D eigenvalue weighted by Crippen LogP contribution is 2.30. The number of nitrogens with two attached hydrogens (primary N) is 1. The normalized spacial score (nSPS) is 32.1. The van der Waals surface area contributed by atoms with Crippen LogP contribution < -0.4 is 11.1 Å². The summed E-state index contributed by atoms with van der Waals surface area (Å²) in [5, 5.41) is 31.2. The molecule has 0 bridgehead atoms. The highest BCUT2D eigenvalue weighted by Gasteiger charge is 2.51. The van der Waals surface area contributed by atoms with Crippen molar-refractivity contribution in [2.24, 2.45) is 5.73 Å². The molecule has 9 nitrogen and oxygen atoms in total. The van der Waals surface area contributed by atoms with Crippen LogP contribution in [0.25, 0.3) is 0 Å². The van der Waals surface area contributed by atoms with Gasteiger partial charge in [0, 0.05) is 11.8 Å². The number of nitrogens with zero attached hydrogens (tertiary/aromatic N) is 1. The first-order chi connectivity index (χ1) is 13.9. The first-order valence-corrected chi connectivity index (χ1v) is 9.45. The number of hydrogen-bond acceptors (Lipinski definition) is 7. The van der Waals surface area contributed by atoms with Crippen LogP contribution in [0.2, 0.25) is 0 Å². The summed E-state index contributed by atoms with van der Waals surface area (Å²) in [7, 11) is 0. The molecule has 1 aromatic rings. The van der Waals surface area contributed by atoms with Crippen LogP contribution in [-0.2, 0) is 10.2 Å². The second-order valence-electron chi connectivity index (χ2n) is 8.51. The zero-order chi connectivity index (χ0) is 22.4. The van der Waals surface area contributed by atoms with Gasteiger partial charge in [-0.1, -0.05) is 45.0 Å². The predicted molar refractivity (Wildman–Crippen MR) is 104 cm³/mol. The van der Waals surface area contributed by atoms with Gasteiger partial charge in [-0.25, -0.2) is 9.18 Å². The van der Waals surface area contributed by atoms with Gasteiger partial charge in [0.25, 0.3) is 0 Å². The van der Waals surface area contributed by atoms with Crippen molar-refractivity contribution in [3.05, 3.63) is 47.4 Å². The molecular weight excluding hydrogens is 397 g/mol. The molecule has 2 aliphatic rings. The van der Waals surface area contributed by atoms with Gasteiger partial charge >= 0.3 is 6.03 Å². The van der Waals surface area contributed by atoms with Gasteiger partial charge in [0.1, 0.15) is 18.3 Å². The Kier molecular flexibility index (Phi) is 5.74. The van der Waals surface area contributed by atoms with E-state index in [0.29, 0.717) is 11.1 Å². The summed E-state index contributed by atoms with van der Waals surface area (Å²) < 4.78 is 20.2. The Bertz CT molecular complexity index is 868. The lowest BCUT2D eigenvalue weighted by atomic mass is 9.85. The van der Waals surface area contributed by atoms with E-state index in [2.05, 4.69) is 5.32 Å². The standard InChI is InChI=1S/C20H26FN3O6/c1-19(2,3)11-6-4-10(5-7-11)16(28)20(22)13(21)8-24(18(29)23-20)17-15(27)14(26)12(9-25)30-17/h4-8,12,14-15,17,25-27H,9,22H2,1-3H3,(H,23,29)/t12-,14-,15-,17-,20?/m1/s1. The molecule has 0 spiro atoms. The molecule has 1 saturated heterocycles. The Morgan fingerprint density at radius 1 is 1.27 bits per heavy atom. The summed E-state index contributed by atoms with van der Waals surface area (Å²) in [6.07, 6.45) is -5.03. The molecule has 2 aliphatic heterocycles. The fraction of sp³-hybridized carbons (Fsp3) is 0.500. The maximum Gasteiger partial charge on any atom is 0.325 e. The Morgan fingerprint density at radius 2 is 1.87 bits per heavy atom. The van der Waals surface area contributed by atoms with Gasteiger partial charge in [0.2, 0.25) is 11.4 Å². The van der Waals surface area contributed by atoms with Crippen molar-refractivity contribution < 1.29 is 34.0 Å². The third-order valence-corrected chi connectivity index (χ3v) is 5.33. The van der Waals surface area contributed by atoms with E-state index in [0.717, 1.165) is 5.56 Å². The van der Waals surface area contributed by atoms with E-state index in [1.807, 2.05) is 20.8 Å². The lowest BCUT2D eigenvalue weighted by Crippen LogP contribution is -2.68. The SMILES string of the molecule is CC(C)(C)c1ccc(C(=O)C2(N)NC(=O)N([C@@H]3O[C@H](CO)[C@@H](O)[C@H]3O)C=C2F)cc1. The minimum atomic E-state index is -2.44. The highest BCUT2D eigenvalue weighted by atomic mass is 19.1. The zero-order valence-electron chi connectivity index (χ0n) is 16.9. The van der Waals surface area contributed by atoms with Crippen LogP contribution in [0.4, 0.5) is 9.18 Å². The van der Waals surface area contributed by atoms with Crippen molar-refractivity contribution in [3.63, 3.8) is 0 Å². The molecule has 0 radical (unpaired) electrons. The van der Waals surface area contributed by atoms with Crippen molar-refractivity contribution in [2.75, 3.05) is 6.61 Å². The number of hydrogen-bond donors (Lipinski definition) is 5. The van der Waals surface area contributed by atoms with E-state index < -0.39 is 54.5 Å². The van der Waals surface area contributed by atoms with Crippen LogP contribution in [0.15, 0.2) is 36.3 Å². The number of benzene rings is 1. The van der Waals surface area contributed by atoms with Gasteiger partial charge < -0.3 is 25.4 Å². The number of aliphatic hydroxyl groups excluding tert-OH is 3. The first kappa shape index (κ1) is 22.3. The molecule has 2 amide bonds. The van der Waals surface area contributed by atoms with Crippen molar-refractivity contribution in [1.29, 1.82) is 0 Å². The Balaban J connectivity index is 1.86. The molecule has 10 heteroatoms. The number of urea groups is 1. The third kappa shape index (κ3) is 3.72. The first-order valence-electron chi connectivity index (χ1n) is 9.45. The summed E-state index contributed by atoms with van der Waals surface area (Å²) in [4.78, 5) is 26.1. The number of halogens is 1. The Labute approximate surface area is 172 Å². The molecule has 1 unspecified atom stereocenters. The van der Waals surface area contributed by atoms with Gasteiger partial charge in [-0.05, 0) is 11.0 Å². The Hall–Kier alpha value is -2.37. The topological polar surface area (TPSA) is 145 Å². The zero-order valence-corrected chi connectivity index (χ0v) is 16.9. The van der Waals surface area contributed by atoms with E-state index in [-0.39, 0.29) is 11.0 Å². The Morgan fingerprint density at radius 3 is 2.37 bits per heavy atom. The number of Topliss-reactive ketones (excluding diaryl/α,β-unsaturated/α-hetero) is 1. The van der Waals surface area contributed by atoms with Gasteiger partial charge in [0.05, 0.1) is 6.61 Å². The van der Waals surface area contributed by atoms with Gasteiger partial charge in [-0.3, -0.25) is 15.4 Å².